The number of hydrogen-bond acceptors (Lipinski definition) is 4. The van der Waals surface area contributed by atoms with Crippen LogP contribution in [-0.4, -0.2) is 27.6 Å². The van der Waals surface area contributed by atoms with Gasteiger partial charge in [0.1, 0.15) is 6.04 Å². The first-order chi connectivity index (χ1) is 13.6. The molecule has 4 rings (SSSR count). The summed E-state index contributed by atoms with van der Waals surface area (Å²) in [5, 5.41) is 7.71. The molecule has 0 unspecified atom stereocenters. The summed E-state index contributed by atoms with van der Waals surface area (Å²) in [6.07, 6.45) is 2.61. The lowest BCUT2D eigenvalue weighted by Gasteiger charge is -2.22. The fourth-order valence-corrected chi connectivity index (χ4v) is 3.54. The van der Waals surface area contributed by atoms with E-state index < -0.39 is 0 Å². The zero-order valence-corrected chi connectivity index (χ0v) is 16.3. The zero-order chi connectivity index (χ0) is 19.5. The molecule has 3 aromatic rings. The van der Waals surface area contributed by atoms with Gasteiger partial charge in [-0.15, -0.1) is 0 Å². The van der Waals surface area contributed by atoms with Gasteiger partial charge in [0.25, 0.3) is 0 Å². The van der Waals surface area contributed by atoms with Crippen molar-refractivity contribution in [2.45, 2.75) is 32.2 Å². The van der Waals surface area contributed by atoms with Crippen LogP contribution in [0.3, 0.4) is 0 Å². The van der Waals surface area contributed by atoms with Gasteiger partial charge in [0, 0.05) is 22.8 Å². The second-order valence-corrected chi connectivity index (χ2v) is 7.24. The summed E-state index contributed by atoms with van der Waals surface area (Å²) in [5.41, 5.74) is 2.80. The minimum atomic E-state index is -0.220. The van der Waals surface area contributed by atoms with Crippen LogP contribution in [0.5, 0.6) is 0 Å². The number of amides is 2. The molecule has 2 heterocycles. The summed E-state index contributed by atoms with van der Waals surface area (Å²) in [6, 6.07) is 14.8. The molecule has 0 bridgehead atoms. The van der Waals surface area contributed by atoms with Crippen molar-refractivity contribution in [3.63, 3.8) is 0 Å². The van der Waals surface area contributed by atoms with E-state index in [1.165, 1.54) is 5.56 Å². The van der Waals surface area contributed by atoms with E-state index in [0.29, 0.717) is 23.3 Å². The molecule has 1 saturated heterocycles. The average Bonchev–Trinajstić information content (AvgIpc) is 3.38. The normalized spacial score (nSPS) is 16.4. The number of rotatable bonds is 4. The van der Waals surface area contributed by atoms with E-state index in [1.54, 1.807) is 17.0 Å². The second kappa shape index (κ2) is 8.02. The molecule has 1 aromatic heterocycles. The van der Waals surface area contributed by atoms with Crippen LogP contribution in [0.4, 0.5) is 10.5 Å². The van der Waals surface area contributed by atoms with Crippen LogP contribution in [0.1, 0.15) is 37.3 Å². The predicted molar refractivity (Wildman–Crippen MR) is 108 cm³/mol. The lowest BCUT2D eigenvalue weighted by molar-refractivity contribution is 0.193. The maximum Gasteiger partial charge on any atom is 0.322 e. The van der Waals surface area contributed by atoms with Gasteiger partial charge in [0.05, 0.1) is 0 Å². The standard InChI is InChI=1S/C21H21ClN4O2/c1-2-14-5-3-6-17(13-14)23-21(27)26-12-4-7-18(26)20-24-19(25-28-20)15-8-10-16(22)11-9-15/h3,5-6,8-11,13,18H,2,4,7,12H2,1H3,(H,23,27)/t18-/m1/s1. The van der Waals surface area contributed by atoms with Gasteiger partial charge < -0.3 is 14.7 Å². The Morgan fingerprint density at radius 2 is 2.11 bits per heavy atom. The topological polar surface area (TPSA) is 71.3 Å². The van der Waals surface area contributed by atoms with Gasteiger partial charge in [-0.25, -0.2) is 4.79 Å². The average molecular weight is 397 g/mol. The van der Waals surface area contributed by atoms with Crippen LogP contribution in [0.2, 0.25) is 5.02 Å². The Balaban J connectivity index is 1.50. The molecule has 0 radical (unpaired) electrons. The van der Waals surface area contributed by atoms with E-state index in [4.69, 9.17) is 16.1 Å². The van der Waals surface area contributed by atoms with Crippen LogP contribution in [0.25, 0.3) is 11.4 Å². The van der Waals surface area contributed by atoms with Crippen LogP contribution >= 0.6 is 11.6 Å². The Morgan fingerprint density at radius 1 is 1.29 bits per heavy atom. The van der Waals surface area contributed by atoms with Gasteiger partial charge in [-0.1, -0.05) is 35.8 Å². The maximum absolute atomic E-state index is 12.8. The Labute approximate surface area is 168 Å². The van der Waals surface area contributed by atoms with Crippen molar-refractivity contribution in [2.75, 3.05) is 11.9 Å². The molecule has 1 N–H and O–H groups in total. The number of aryl methyl sites for hydroxylation is 1. The first-order valence-corrected chi connectivity index (χ1v) is 9.78. The molecule has 144 valence electrons. The smallest absolute Gasteiger partial charge is 0.322 e. The molecule has 0 aliphatic carbocycles. The Bertz CT molecular complexity index is 971. The van der Waals surface area contributed by atoms with Crippen molar-refractivity contribution in [3.05, 3.63) is 65.0 Å². The summed E-state index contributed by atoms with van der Waals surface area (Å²) < 4.78 is 5.48. The molecular weight excluding hydrogens is 376 g/mol. The number of hydrogen-bond donors (Lipinski definition) is 1. The van der Waals surface area contributed by atoms with E-state index in [-0.39, 0.29) is 12.1 Å². The molecule has 1 aliphatic heterocycles. The molecule has 7 heteroatoms. The lowest BCUT2D eigenvalue weighted by Crippen LogP contribution is -2.34. The Hall–Kier alpha value is -2.86. The van der Waals surface area contributed by atoms with Crippen LogP contribution in [0.15, 0.2) is 53.1 Å². The van der Waals surface area contributed by atoms with Gasteiger partial charge in [0.15, 0.2) is 0 Å². The fourth-order valence-electron chi connectivity index (χ4n) is 3.42. The number of aromatic nitrogens is 2. The zero-order valence-electron chi connectivity index (χ0n) is 15.6. The molecule has 0 spiro atoms. The molecule has 28 heavy (non-hydrogen) atoms. The summed E-state index contributed by atoms with van der Waals surface area (Å²) >= 11 is 5.93. The number of likely N-dealkylation sites (tertiary alicyclic amines) is 1. The summed E-state index contributed by atoms with van der Waals surface area (Å²) in [5.74, 6) is 0.953. The summed E-state index contributed by atoms with van der Waals surface area (Å²) in [4.78, 5) is 19.1. The van der Waals surface area contributed by atoms with Gasteiger partial charge in [0.2, 0.25) is 11.7 Å². The van der Waals surface area contributed by atoms with Crippen molar-refractivity contribution in [1.29, 1.82) is 0 Å². The third-order valence-electron chi connectivity index (χ3n) is 4.93. The van der Waals surface area contributed by atoms with Crippen molar-refractivity contribution < 1.29 is 9.32 Å². The molecule has 1 aliphatic rings. The van der Waals surface area contributed by atoms with E-state index in [1.807, 2.05) is 36.4 Å². The SMILES string of the molecule is CCc1cccc(NC(=O)N2CCC[C@@H]2c2nc(-c3ccc(Cl)cc3)no2)c1. The number of benzene rings is 2. The number of carbonyl (C=O) groups excluding carboxylic acids is 1. The van der Waals surface area contributed by atoms with E-state index in [2.05, 4.69) is 22.4 Å². The number of nitrogens with zero attached hydrogens (tertiary/aromatic N) is 3. The second-order valence-electron chi connectivity index (χ2n) is 6.80. The number of urea groups is 1. The maximum atomic E-state index is 12.8. The van der Waals surface area contributed by atoms with Crippen molar-refractivity contribution in [1.82, 2.24) is 15.0 Å². The van der Waals surface area contributed by atoms with Crippen molar-refractivity contribution in [2.24, 2.45) is 0 Å². The van der Waals surface area contributed by atoms with E-state index in [0.717, 1.165) is 30.5 Å². The molecule has 0 saturated carbocycles. The highest BCUT2D eigenvalue weighted by atomic mass is 35.5. The lowest BCUT2D eigenvalue weighted by atomic mass is 10.1. The monoisotopic (exact) mass is 396 g/mol. The number of carbonyl (C=O) groups is 1. The largest absolute Gasteiger partial charge is 0.337 e. The molecule has 1 atom stereocenters. The van der Waals surface area contributed by atoms with Crippen molar-refractivity contribution in [3.8, 4) is 11.4 Å². The van der Waals surface area contributed by atoms with Gasteiger partial charge >= 0.3 is 6.03 Å². The highest BCUT2D eigenvalue weighted by Gasteiger charge is 2.34. The van der Waals surface area contributed by atoms with Gasteiger partial charge in [-0.05, 0) is 61.2 Å². The quantitative estimate of drug-likeness (QED) is 0.647. The highest BCUT2D eigenvalue weighted by molar-refractivity contribution is 6.30. The van der Waals surface area contributed by atoms with E-state index in [9.17, 15) is 4.79 Å². The first-order valence-electron chi connectivity index (χ1n) is 9.40. The van der Waals surface area contributed by atoms with Crippen LogP contribution < -0.4 is 5.32 Å². The van der Waals surface area contributed by atoms with Crippen LogP contribution in [-0.2, 0) is 6.42 Å². The molecular formula is C21H21ClN4O2. The Morgan fingerprint density at radius 3 is 2.89 bits per heavy atom. The third kappa shape index (κ3) is 3.87. The Kier molecular flexibility index (Phi) is 5.30. The van der Waals surface area contributed by atoms with Gasteiger partial charge in [-0.2, -0.15) is 4.98 Å². The molecule has 2 aromatic carbocycles. The predicted octanol–water partition coefficient (Wildman–Crippen LogP) is 5.32. The fraction of sp³-hybridized carbons (Fsp3) is 0.286. The summed E-state index contributed by atoms with van der Waals surface area (Å²) in [6.45, 7) is 2.74. The minimum absolute atomic E-state index is 0.151. The van der Waals surface area contributed by atoms with E-state index >= 15 is 0 Å². The minimum Gasteiger partial charge on any atom is -0.337 e. The number of anilines is 1. The van der Waals surface area contributed by atoms with Gasteiger partial charge in [-0.3, -0.25) is 0 Å². The molecule has 6 nitrogen and oxygen atoms in total. The summed E-state index contributed by atoms with van der Waals surface area (Å²) in [7, 11) is 0. The number of halogens is 1. The highest BCUT2D eigenvalue weighted by Crippen LogP contribution is 2.32. The first kappa shape index (κ1) is 18.5. The molecule has 1 fully saturated rings. The number of nitrogens with one attached hydrogen (secondary N) is 1. The van der Waals surface area contributed by atoms with Crippen molar-refractivity contribution >= 4 is 23.3 Å². The molecule has 2 amide bonds. The van der Waals surface area contributed by atoms with Crippen LogP contribution in [0, 0.1) is 0 Å². The third-order valence-corrected chi connectivity index (χ3v) is 5.18.